The Balaban J connectivity index is 1.45. The minimum atomic E-state index is -0.254. The Morgan fingerprint density at radius 2 is 2.06 bits per heavy atom. The number of carbonyl (C=O) groups excluding carboxylic acids is 1. The van der Waals surface area contributed by atoms with E-state index in [2.05, 4.69) is 4.98 Å². The van der Waals surface area contributed by atoms with Crippen molar-refractivity contribution in [3.8, 4) is 0 Å². The van der Waals surface area contributed by atoms with Crippen LogP contribution in [-0.2, 0) is 11.3 Å². The number of amides is 1. The molecule has 0 radical (unpaired) electrons. The SMILES string of the molecule is Cc1cccc2sc(N(CCCn3ccnc3)C(=O)CCSc3ccc(F)cc3)nc12. The number of anilines is 1. The van der Waals surface area contributed by atoms with Crippen LogP contribution in [0.3, 0.4) is 0 Å². The van der Waals surface area contributed by atoms with Crippen LogP contribution < -0.4 is 4.90 Å². The molecule has 0 N–H and O–H groups in total. The van der Waals surface area contributed by atoms with Crippen LogP contribution in [-0.4, -0.2) is 32.7 Å². The number of carbonyl (C=O) groups is 1. The summed E-state index contributed by atoms with van der Waals surface area (Å²) in [5.41, 5.74) is 2.06. The third-order valence-corrected chi connectivity index (χ3v) is 6.95. The van der Waals surface area contributed by atoms with Crippen LogP contribution in [0.2, 0.25) is 0 Å². The highest BCUT2D eigenvalue weighted by Crippen LogP contribution is 2.31. The zero-order chi connectivity index (χ0) is 21.6. The molecule has 0 aliphatic heterocycles. The summed E-state index contributed by atoms with van der Waals surface area (Å²) in [4.78, 5) is 24.8. The first-order chi connectivity index (χ1) is 15.1. The first kappa shape index (κ1) is 21.5. The van der Waals surface area contributed by atoms with Crippen LogP contribution in [0.4, 0.5) is 9.52 Å². The fraction of sp³-hybridized carbons (Fsp3) is 0.261. The number of hydrogen-bond acceptors (Lipinski definition) is 5. The van der Waals surface area contributed by atoms with Gasteiger partial charge in [-0.3, -0.25) is 9.69 Å². The number of aromatic nitrogens is 3. The molecule has 4 rings (SSSR count). The van der Waals surface area contributed by atoms with Crippen LogP contribution in [0.25, 0.3) is 10.2 Å². The maximum atomic E-state index is 13.1. The number of halogens is 1. The summed E-state index contributed by atoms with van der Waals surface area (Å²) in [6, 6.07) is 12.5. The van der Waals surface area contributed by atoms with Crippen molar-refractivity contribution in [3.63, 3.8) is 0 Å². The van der Waals surface area contributed by atoms with E-state index in [1.54, 1.807) is 47.8 Å². The first-order valence-electron chi connectivity index (χ1n) is 10.1. The highest BCUT2D eigenvalue weighted by molar-refractivity contribution is 7.99. The van der Waals surface area contributed by atoms with Gasteiger partial charge in [0.15, 0.2) is 5.13 Å². The van der Waals surface area contributed by atoms with Gasteiger partial charge < -0.3 is 4.57 Å². The summed E-state index contributed by atoms with van der Waals surface area (Å²) in [6.07, 6.45) is 6.66. The Kier molecular flexibility index (Phi) is 6.99. The summed E-state index contributed by atoms with van der Waals surface area (Å²) >= 11 is 3.11. The molecule has 0 atom stereocenters. The van der Waals surface area contributed by atoms with Gasteiger partial charge in [-0.1, -0.05) is 23.5 Å². The molecular weight excluding hydrogens is 431 g/mol. The highest BCUT2D eigenvalue weighted by atomic mass is 32.2. The summed E-state index contributed by atoms with van der Waals surface area (Å²) in [6.45, 7) is 3.42. The van der Waals surface area contributed by atoms with Crippen molar-refractivity contribution in [1.29, 1.82) is 0 Å². The fourth-order valence-corrected chi connectivity index (χ4v) is 5.20. The van der Waals surface area contributed by atoms with Gasteiger partial charge >= 0.3 is 0 Å². The second kappa shape index (κ2) is 10.1. The molecule has 1 amide bonds. The molecule has 0 unspecified atom stereocenters. The molecule has 2 aromatic heterocycles. The largest absolute Gasteiger partial charge is 0.337 e. The molecule has 2 heterocycles. The molecule has 0 saturated carbocycles. The Morgan fingerprint density at radius 1 is 1.23 bits per heavy atom. The summed E-state index contributed by atoms with van der Waals surface area (Å²) in [5.74, 6) is 0.430. The molecule has 160 valence electrons. The third-order valence-electron chi connectivity index (χ3n) is 4.90. The van der Waals surface area contributed by atoms with E-state index in [4.69, 9.17) is 4.98 Å². The van der Waals surface area contributed by atoms with Crippen molar-refractivity contribution in [1.82, 2.24) is 14.5 Å². The van der Waals surface area contributed by atoms with Crippen molar-refractivity contribution in [2.45, 2.75) is 31.2 Å². The van der Waals surface area contributed by atoms with Gasteiger partial charge in [-0.2, -0.15) is 0 Å². The van der Waals surface area contributed by atoms with Gasteiger partial charge in [0.25, 0.3) is 0 Å². The number of thiazole rings is 1. The lowest BCUT2D eigenvalue weighted by Gasteiger charge is -2.20. The molecule has 8 heteroatoms. The second-order valence-electron chi connectivity index (χ2n) is 7.17. The van der Waals surface area contributed by atoms with E-state index in [0.29, 0.717) is 18.7 Å². The van der Waals surface area contributed by atoms with Crippen molar-refractivity contribution in [3.05, 3.63) is 72.6 Å². The maximum Gasteiger partial charge on any atom is 0.229 e. The molecule has 0 saturated heterocycles. The minimum absolute atomic E-state index is 0.0527. The van der Waals surface area contributed by atoms with Crippen LogP contribution in [0.5, 0.6) is 0 Å². The van der Waals surface area contributed by atoms with Gasteiger partial charge in [-0.25, -0.2) is 14.4 Å². The Labute approximate surface area is 188 Å². The monoisotopic (exact) mass is 454 g/mol. The molecule has 5 nitrogen and oxygen atoms in total. The molecule has 2 aromatic carbocycles. The number of para-hydroxylation sites is 1. The highest BCUT2D eigenvalue weighted by Gasteiger charge is 2.20. The van der Waals surface area contributed by atoms with Gasteiger partial charge in [0, 0.05) is 42.6 Å². The second-order valence-corrected chi connectivity index (χ2v) is 9.35. The summed E-state index contributed by atoms with van der Waals surface area (Å²) in [5, 5.41) is 0.742. The van der Waals surface area contributed by atoms with Crippen molar-refractivity contribution in [2.24, 2.45) is 0 Å². The number of aryl methyl sites for hydroxylation is 2. The molecule has 0 aliphatic rings. The van der Waals surface area contributed by atoms with Gasteiger partial charge in [-0.05, 0) is 49.2 Å². The van der Waals surface area contributed by atoms with Crippen LogP contribution in [0.1, 0.15) is 18.4 Å². The molecule has 0 aliphatic carbocycles. The lowest BCUT2D eigenvalue weighted by Crippen LogP contribution is -2.32. The summed E-state index contributed by atoms with van der Waals surface area (Å²) in [7, 11) is 0. The Morgan fingerprint density at radius 3 is 2.81 bits per heavy atom. The lowest BCUT2D eigenvalue weighted by molar-refractivity contribution is -0.118. The smallest absolute Gasteiger partial charge is 0.229 e. The molecule has 4 aromatic rings. The number of rotatable bonds is 9. The average molecular weight is 455 g/mol. The number of nitrogens with zero attached hydrogens (tertiary/aromatic N) is 4. The van der Waals surface area contributed by atoms with Crippen molar-refractivity contribution < 1.29 is 9.18 Å². The van der Waals surface area contributed by atoms with Crippen LogP contribution in [0, 0.1) is 12.7 Å². The van der Waals surface area contributed by atoms with E-state index >= 15 is 0 Å². The van der Waals surface area contributed by atoms with Gasteiger partial charge in [0.2, 0.25) is 5.91 Å². The quantitative estimate of drug-likeness (QED) is 0.311. The molecule has 31 heavy (non-hydrogen) atoms. The number of thioether (sulfide) groups is 1. The maximum absolute atomic E-state index is 13.1. The molecular formula is C23H23FN4OS2. The average Bonchev–Trinajstić information content (AvgIpc) is 3.43. The molecule has 0 fully saturated rings. The van der Waals surface area contributed by atoms with E-state index in [1.807, 2.05) is 40.8 Å². The van der Waals surface area contributed by atoms with Gasteiger partial charge in [0.05, 0.1) is 16.5 Å². The van der Waals surface area contributed by atoms with E-state index in [-0.39, 0.29) is 11.7 Å². The zero-order valence-electron chi connectivity index (χ0n) is 17.2. The zero-order valence-corrected chi connectivity index (χ0v) is 18.8. The standard InChI is InChI=1S/C23H23FN4OS2/c1-17-4-2-5-20-22(17)26-23(31-20)28(13-3-12-27-14-11-25-16-27)21(29)10-15-30-19-8-6-18(24)7-9-19/h2,4-9,11,14,16H,3,10,12-13,15H2,1H3. The minimum Gasteiger partial charge on any atom is -0.337 e. The molecule has 0 spiro atoms. The van der Waals surface area contributed by atoms with E-state index in [1.165, 1.54) is 12.1 Å². The number of benzene rings is 2. The third kappa shape index (κ3) is 5.51. The van der Waals surface area contributed by atoms with Crippen LogP contribution in [0.15, 0.2) is 66.1 Å². The lowest BCUT2D eigenvalue weighted by atomic mass is 10.2. The van der Waals surface area contributed by atoms with E-state index in [0.717, 1.165) is 38.8 Å². The first-order valence-corrected chi connectivity index (χ1v) is 11.9. The van der Waals surface area contributed by atoms with Crippen molar-refractivity contribution in [2.75, 3.05) is 17.2 Å². The Bertz CT molecular complexity index is 1140. The number of hydrogen-bond donors (Lipinski definition) is 0. The van der Waals surface area contributed by atoms with E-state index in [9.17, 15) is 9.18 Å². The predicted molar refractivity (Wildman–Crippen MR) is 125 cm³/mol. The number of imidazole rings is 1. The normalized spacial score (nSPS) is 11.2. The van der Waals surface area contributed by atoms with E-state index < -0.39 is 0 Å². The van der Waals surface area contributed by atoms with Crippen molar-refractivity contribution >= 4 is 44.4 Å². The fourth-order valence-electron chi connectivity index (χ4n) is 3.27. The van der Waals surface area contributed by atoms with Gasteiger partial charge in [-0.15, -0.1) is 11.8 Å². The Hall–Kier alpha value is -2.71. The predicted octanol–water partition coefficient (Wildman–Crippen LogP) is 5.55. The topological polar surface area (TPSA) is 51.0 Å². The number of fused-ring (bicyclic) bond motifs is 1. The summed E-state index contributed by atoms with van der Waals surface area (Å²) < 4.78 is 16.2. The molecule has 0 bridgehead atoms. The van der Waals surface area contributed by atoms with Crippen LogP contribution >= 0.6 is 23.1 Å². The van der Waals surface area contributed by atoms with Gasteiger partial charge in [0.1, 0.15) is 5.82 Å².